The number of aryl methyl sites for hydroxylation is 1. The average Bonchev–Trinajstić information content (AvgIpc) is 2.01. The van der Waals surface area contributed by atoms with Gasteiger partial charge in [-0.2, -0.15) is 13.2 Å². The van der Waals surface area contributed by atoms with E-state index >= 15 is 0 Å². The molecule has 4 heteroatoms. The van der Waals surface area contributed by atoms with Crippen molar-refractivity contribution in [1.29, 1.82) is 0 Å². The lowest BCUT2D eigenvalue weighted by Gasteiger charge is -2.13. The van der Waals surface area contributed by atoms with Crippen molar-refractivity contribution in [1.82, 2.24) is 0 Å². The van der Waals surface area contributed by atoms with Gasteiger partial charge in [0.2, 0.25) is 0 Å². The quantitative estimate of drug-likeness (QED) is 0.785. The van der Waals surface area contributed by atoms with E-state index in [0.717, 1.165) is 5.56 Å². The van der Waals surface area contributed by atoms with Crippen LogP contribution in [0.3, 0.4) is 0 Å². The second-order valence-corrected chi connectivity index (χ2v) is 3.25. The van der Waals surface area contributed by atoms with Gasteiger partial charge in [-0.05, 0) is 12.5 Å². The minimum Gasteiger partial charge on any atom is -0.388 e. The summed E-state index contributed by atoms with van der Waals surface area (Å²) in [7, 11) is 0. The Morgan fingerprint density at radius 1 is 1.36 bits per heavy atom. The predicted molar refractivity (Wildman–Crippen MR) is 46.8 cm³/mol. The van der Waals surface area contributed by atoms with Gasteiger partial charge >= 0.3 is 6.18 Å². The molecule has 0 spiro atoms. The molecule has 78 valence electrons. The number of hydrogen-bond acceptors (Lipinski definition) is 1. The van der Waals surface area contributed by atoms with Crippen LogP contribution in [-0.2, 0) is 0 Å². The fraction of sp³-hybridized carbons (Fsp3) is 0.400. The van der Waals surface area contributed by atoms with Crippen molar-refractivity contribution >= 4 is 0 Å². The summed E-state index contributed by atoms with van der Waals surface area (Å²) >= 11 is 0. The molecule has 1 unspecified atom stereocenters. The highest BCUT2D eigenvalue weighted by Gasteiger charge is 2.31. The van der Waals surface area contributed by atoms with Gasteiger partial charge in [0.1, 0.15) is 0 Å². The Labute approximate surface area is 80.2 Å². The molecule has 0 heterocycles. The van der Waals surface area contributed by atoms with Gasteiger partial charge in [-0.3, -0.25) is 0 Å². The summed E-state index contributed by atoms with van der Waals surface area (Å²) < 4.78 is 35.8. The maximum atomic E-state index is 11.9. The van der Waals surface area contributed by atoms with Crippen LogP contribution in [0.5, 0.6) is 0 Å². The van der Waals surface area contributed by atoms with Crippen LogP contribution in [0.25, 0.3) is 0 Å². The summed E-state index contributed by atoms with van der Waals surface area (Å²) in [6, 6.07) is 6.44. The fourth-order valence-electron chi connectivity index (χ4n) is 1.21. The molecule has 1 aromatic carbocycles. The smallest absolute Gasteiger partial charge is 0.388 e. The van der Waals surface area contributed by atoms with E-state index in [2.05, 4.69) is 0 Å². The largest absolute Gasteiger partial charge is 0.391 e. The Bertz CT molecular complexity index is 306. The van der Waals surface area contributed by atoms with Gasteiger partial charge in [-0.15, -0.1) is 0 Å². The van der Waals surface area contributed by atoms with Gasteiger partial charge in [0.25, 0.3) is 0 Å². The van der Waals surface area contributed by atoms with Crippen LogP contribution in [0.2, 0.25) is 0 Å². The highest BCUT2D eigenvalue weighted by atomic mass is 19.4. The van der Waals surface area contributed by atoms with Crippen LogP contribution in [0.1, 0.15) is 23.7 Å². The van der Waals surface area contributed by atoms with E-state index in [9.17, 15) is 18.3 Å². The molecular formula is C10H11F3O. The number of alkyl halides is 3. The maximum absolute atomic E-state index is 11.9. The molecule has 1 atom stereocenters. The molecule has 0 aliphatic carbocycles. The molecular weight excluding hydrogens is 193 g/mol. The van der Waals surface area contributed by atoms with Crippen LogP contribution >= 0.6 is 0 Å². The van der Waals surface area contributed by atoms with E-state index in [4.69, 9.17) is 0 Å². The molecule has 0 fully saturated rings. The molecule has 0 amide bonds. The van der Waals surface area contributed by atoms with Crippen molar-refractivity contribution < 1.29 is 18.3 Å². The van der Waals surface area contributed by atoms with Crippen molar-refractivity contribution in [2.24, 2.45) is 0 Å². The summed E-state index contributed by atoms with van der Waals surface area (Å²) in [4.78, 5) is 0. The maximum Gasteiger partial charge on any atom is 0.391 e. The molecule has 0 bridgehead atoms. The zero-order valence-corrected chi connectivity index (χ0v) is 7.67. The van der Waals surface area contributed by atoms with E-state index in [0.29, 0.717) is 5.56 Å². The normalized spacial score (nSPS) is 14.1. The topological polar surface area (TPSA) is 20.2 Å². The number of aliphatic hydroxyl groups is 1. The molecule has 1 aromatic rings. The third-order valence-corrected chi connectivity index (χ3v) is 1.85. The van der Waals surface area contributed by atoms with Gasteiger partial charge in [0.15, 0.2) is 0 Å². The molecule has 1 rings (SSSR count). The first-order valence-electron chi connectivity index (χ1n) is 4.20. The monoisotopic (exact) mass is 204 g/mol. The van der Waals surface area contributed by atoms with Crippen LogP contribution in [0, 0.1) is 6.92 Å². The van der Waals surface area contributed by atoms with E-state index in [1.165, 1.54) is 6.07 Å². The first-order chi connectivity index (χ1) is 6.38. The Balaban J connectivity index is 2.74. The lowest BCUT2D eigenvalue weighted by molar-refractivity contribution is -0.154. The molecule has 0 aromatic heterocycles. The molecule has 1 nitrogen and oxygen atoms in total. The Kier molecular flexibility index (Phi) is 3.16. The third kappa shape index (κ3) is 3.38. The molecule has 0 radical (unpaired) electrons. The summed E-state index contributed by atoms with van der Waals surface area (Å²) in [5, 5.41) is 9.26. The standard InChI is InChI=1S/C10H11F3O/c1-7-3-2-4-8(5-7)9(14)6-10(11,12)13/h2-5,9,14H,6H2,1H3. The zero-order chi connectivity index (χ0) is 10.8. The van der Waals surface area contributed by atoms with Gasteiger partial charge in [-0.1, -0.05) is 29.8 Å². The van der Waals surface area contributed by atoms with E-state index in [-0.39, 0.29) is 0 Å². The Morgan fingerprint density at radius 2 is 2.00 bits per heavy atom. The van der Waals surface area contributed by atoms with Gasteiger partial charge in [0, 0.05) is 0 Å². The molecule has 0 aliphatic rings. The predicted octanol–water partition coefficient (Wildman–Crippen LogP) is 2.98. The van der Waals surface area contributed by atoms with Crippen molar-refractivity contribution in [3.05, 3.63) is 35.4 Å². The van der Waals surface area contributed by atoms with Crippen molar-refractivity contribution in [2.45, 2.75) is 25.6 Å². The van der Waals surface area contributed by atoms with Gasteiger partial charge < -0.3 is 5.11 Å². The number of rotatable bonds is 2. The van der Waals surface area contributed by atoms with Gasteiger partial charge in [0.05, 0.1) is 12.5 Å². The molecule has 14 heavy (non-hydrogen) atoms. The highest BCUT2D eigenvalue weighted by molar-refractivity contribution is 5.24. The first kappa shape index (κ1) is 11.0. The second kappa shape index (κ2) is 4.00. The minimum atomic E-state index is -4.33. The Hall–Kier alpha value is -1.03. The fourth-order valence-corrected chi connectivity index (χ4v) is 1.21. The molecule has 1 N–H and O–H groups in total. The van der Waals surface area contributed by atoms with Crippen LogP contribution < -0.4 is 0 Å². The lowest BCUT2D eigenvalue weighted by Crippen LogP contribution is -2.13. The van der Waals surface area contributed by atoms with Crippen LogP contribution in [-0.4, -0.2) is 11.3 Å². The third-order valence-electron chi connectivity index (χ3n) is 1.85. The number of halogens is 3. The van der Waals surface area contributed by atoms with Crippen molar-refractivity contribution in [3.63, 3.8) is 0 Å². The van der Waals surface area contributed by atoms with E-state index < -0.39 is 18.7 Å². The summed E-state index contributed by atoms with van der Waals surface area (Å²) in [6.45, 7) is 1.77. The number of benzene rings is 1. The summed E-state index contributed by atoms with van der Waals surface area (Å²) in [5.41, 5.74) is 1.14. The molecule has 0 aliphatic heterocycles. The van der Waals surface area contributed by atoms with Crippen LogP contribution in [0.15, 0.2) is 24.3 Å². The molecule has 0 saturated heterocycles. The van der Waals surface area contributed by atoms with Gasteiger partial charge in [-0.25, -0.2) is 0 Å². The zero-order valence-electron chi connectivity index (χ0n) is 7.67. The SMILES string of the molecule is Cc1cccc(C(O)CC(F)(F)F)c1. The summed E-state index contributed by atoms with van der Waals surface area (Å²) in [6.07, 6.45) is -6.99. The molecule has 0 saturated carbocycles. The minimum absolute atomic E-state index is 0.308. The van der Waals surface area contributed by atoms with Crippen LogP contribution in [0.4, 0.5) is 13.2 Å². The number of aliphatic hydroxyl groups excluding tert-OH is 1. The average molecular weight is 204 g/mol. The van der Waals surface area contributed by atoms with Crippen molar-refractivity contribution in [3.8, 4) is 0 Å². The number of hydrogen-bond donors (Lipinski definition) is 1. The summed E-state index contributed by atoms with van der Waals surface area (Å²) in [5.74, 6) is 0. The van der Waals surface area contributed by atoms with E-state index in [1.807, 2.05) is 0 Å². The lowest BCUT2D eigenvalue weighted by atomic mass is 10.0. The Morgan fingerprint density at radius 3 is 2.50 bits per heavy atom. The second-order valence-electron chi connectivity index (χ2n) is 3.25. The van der Waals surface area contributed by atoms with Crippen molar-refractivity contribution in [2.75, 3.05) is 0 Å². The van der Waals surface area contributed by atoms with E-state index in [1.54, 1.807) is 25.1 Å². The first-order valence-corrected chi connectivity index (χ1v) is 4.20. The highest BCUT2D eigenvalue weighted by Crippen LogP contribution is 2.29.